The number of rotatable bonds is 4. The number of aryl methyl sites for hydroxylation is 2. The second-order valence-electron chi connectivity index (χ2n) is 14.2. The van der Waals surface area contributed by atoms with Crippen molar-refractivity contribution in [2.45, 2.75) is 31.1 Å². The number of imidazole rings is 1. The van der Waals surface area contributed by atoms with E-state index in [1.807, 2.05) is 43.5 Å². The standard InChI is InChI=1S/C32H20N3OS.C14H16GeN.Ir/c1-18-14-17-26(29-28(18)22-8-3-6-13-27(22)36-29)35-25-12-5-4-11-24(25)34-31(35)23-10-7-9-20-21-16-15-19(2)33-32(21)37-30(20)23;1-15(2,3)13-9-10-14(16-11-13)12-7-5-4-6-8-12;/h3-9,11-17H,1-2H3;4-7,9-11H,1-3H3;/q2*-1;/i;4D,5D,6D;. The molecule has 0 aliphatic rings. The number of aromatic nitrogens is 4. The normalized spacial score (nSPS) is 12.4. The van der Waals surface area contributed by atoms with E-state index in [2.05, 4.69) is 113 Å². The Morgan fingerprint density at radius 3 is 2.44 bits per heavy atom. The Kier molecular flexibility index (Phi) is 8.66. The molecule has 0 saturated heterocycles. The van der Waals surface area contributed by atoms with Gasteiger partial charge in [0.1, 0.15) is 10.4 Å². The van der Waals surface area contributed by atoms with E-state index in [4.69, 9.17) is 18.5 Å². The molecular formula is C46H36GeIrN4OS-2. The third-order valence-electron chi connectivity index (χ3n) is 9.63. The Hall–Kier alpha value is -4.92. The summed E-state index contributed by atoms with van der Waals surface area (Å²) in [5.41, 5.74) is 9.19. The summed E-state index contributed by atoms with van der Waals surface area (Å²) < 4.78 is 34.0. The van der Waals surface area contributed by atoms with Gasteiger partial charge in [-0.25, -0.2) is 4.98 Å². The van der Waals surface area contributed by atoms with Crippen LogP contribution in [-0.2, 0) is 20.1 Å². The summed E-state index contributed by atoms with van der Waals surface area (Å²) >= 11 is -0.156. The number of fused-ring (bicyclic) bond motifs is 7. The molecular weight excluding hydrogens is 921 g/mol. The zero-order chi connectivity index (χ0) is 38.9. The number of hydrogen-bond donors (Lipinski definition) is 0. The second-order valence-corrected chi connectivity index (χ2v) is 25.9. The zero-order valence-electron chi connectivity index (χ0n) is 33.3. The van der Waals surface area contributed by atoms with Crippen LogP contribution in [0.1, 0.15) is 15.4 Å². The van der Waals surface area contributed by atoms with E-state index >= 15 is 0 Å². The number of furan rings is 1. The van der Waals surface area contributed by atoms with Gasteiger partial charge in [0.2, 0.25) is 0 Å². The molecule has 10 aromatic rings. The van der Waals surface area contributed by atoms with Crippen molar-refractivity contribution in [2.75, 3.05) is 0 Å². The van der Waals surface area contributed by atoms with Crippen LogP contribution in [0.2, 0.25) is 17.3 Å². The van der Waals surface area contributed by atoms with Crippen molar-refractivity contribution in [2.24, 2.45) is 0 Å². The third kappa shape index (κ3) is 6.39. The van der Waals surface area contributed by atoms with Crippen LogP contribution in [-0.4, -0.2) is 32.8 Å². The fourth-order valence-electron chi connectivity index (χ4n) is 6.89. The molecule has 0 saturated carbocycles. The van der Waals surface area contributed by atoms with E-state index in [1.165, 1.54) is 20.7 Å². The Balaban J connectivity index is 0.000000194. The van der Waals surface area contributed by atoms with E-state index in [1.54, 1.807) is 17.4 Å². The molecule has 0 aliphatic heterocycles. The molecule has 5 aromatic heterocycles. The second kappa shape index (κ2) is 14.4. The first-order valence-electron chi connectivity index (χ1n) is 19.0. The van der Waals surface area contributed by atoms with Gasteiger partial charge >= 0.3 is 104 Å². The number of pyridine rings is 2. The molecule has 5 nitrogen and oxygen atoms in total. The van der Waals surface area contributed by atoms with Crippen LogP contribution in [0.25, 0.3) is 81.6 Å². The first kappa shape index (κ1) is 32.5. The van der Waals surface area contributed by atoms with Gasteiger partial charge < -0.3 is 8.98 Å². The number of benzene rings is 5. The topological polar surface area (TPSA) is 56.7 Å². The Bertz CT molecular complexity index is 3130. The first-order chi connectivity index (χ1) is 27.0. The van der Waals surface area contributed by atoms with E-state index in [-0.39, 0.29) is 38.2 Å². The molecule has 8 heteroatoms. The zero-order valence-corrected chi connectivity index (χ0v) is 35.6. The van der Waals surface area contributed by atoms with Crippen molar-refractivity contribution in [3.8, 4) is 28.3 Å². The molecule has 0 amide bonds. The van der Waals surface area contributed by atoms with Gasteiger partial charge in [-0.2, -0.15) is 11.3 Å². The minimum Gasteiger partial charge on any atom is 0 e. The minimum absolute atomic E-state index is 0. The summed E-state index contributed by atoms with van der Waals surface area (Å²) in [6.45, 7) is 4.17. The summed E-state index contributed by atoms with van der Waals surface area (Å²) in [7, 11) is 0. The first-order valence-corrected chi connectivity index (χ1v) is 25.7. The Labute approximate surface area is 338 Å². The molecule has 0 N–H and O–H groups in total. The molecule has 0 bridgehead atoms. The van der Waals surface area contributed by atoms with Crippen molar-refractivity contribution in [3.63, 3.8) is 0 Å². The average molecular weight is 961 g/mol. The minimum atomic E-state index is -1.86. The molecule has 267 valence electrons. The SMILES string of the molecule is Cc1ccc2c(n1)sc1c(-c3nc4ccccc4n3-c3ccc(C)c4c3oc3ccccc34)[c-]ccc12.[2H]c1[c-]c(-c2cc[c]([Ge]([CH3])([CH3])[CH3])cn2)cc([2H])c1[2H].[Ir]. The van der Waals surface area contributed by atoms with E-state index < -0.39 is 13.3 Å². The average Bonchev–Trinajstić information content (AvgIpc) is 3.89. The molecule has 10 rings (SSSR count). The Morgan fingerprint density at radius 2 is 1.63 bits per heavy atom. The van der Waals surface area contributed by atoms with Crippen LogP contribution in [0.4, 0.5) is 0 Å². The van der Waals surface area contributed by atoms with E-state index in [9.17, 15) is 0 Å². The maximum Gasteiger partial charge on any atom is 0 e. The van der Waals surface area contributed by atoms with Gasteiger partial charge in [0.25, 0.3) is 0 Å². The van der Waals surface area contributed by atoms with Crippen LogP contribution in [0.5, 0.6) is 0 Å². The van der Waals surface area contributed by atoms with Gasteiger partial charge in [-0.05, 0) is 59.8 Å². The molecule has 0 atom stereocenters. The van der Waals surface area contributed by atoms with Crippen molar-refractivity contribution in [1.29, 1.82) is 0 Å². The predicted molar refractivity (Wildman–Crippen MR) is 224 cm³/mol. The maximum atomic E-state index is 7.65. The molecule has 0 aliphatic carbocycles. The molecule has 5 aromatic carbocycles. The van der Waals surface area contributed by atoms with Gasteiger partial charge in [0.15, 0.2) is 5.58 Å². The van der Waals surface area contributed by atoms with Gasteiger partial charge in [-0.15, -0.1) is 18.2 Å². The number of para-hydroxylation sites is 3. The van der Waals surface area contributed by atoms with E-state index in [0.29, 0.717) is 11.3 Å². The van der Waals surface area contributed by atoms with Gasteiger partial charge in [0.05, 0.1) is 22.5 Å². The summed E-state index contributed by atoms with van der Waals surface area (Å²) in [6, 6.07) is 41.0. The van der Waals surface area contributed by atoms with Gasteiger partial charge in [-0.1, -0.05) is 53.4 Å². The van der Waals surface area contributed by atoms with Crippen LogP contribution in [0.3, 0.4) is 0 Å². The predicted octanol–water partition coefficient (Wildman–Crippen LogP) is 11.9. The number of thiophene rings is 1. The molecule has 5 heterocycles. The summed E-state index contributed by atoms with van der Waals surface area (Å²) in [4.78, 5) is 15.4. The fraction of sp³-hybridized carbons (Fsp3) is 0.109. The smallest absolute Gasteiger partial charge is 0 e. The number of hydrogen-bond acceptors (Lipinski definition) is 5. The van der Waals surface area contributed by atoms with Crippen LogP contribution >= 0.6 is 11.3 Å². The summed E-state index contributed by atoms with van der Waals surface area (Å²) in [5.74, 6) is 7.77. The van der Waals surface area contributed by atoms with Crippen molar-refractivity contribution in [1.82, 2.24) is 19.5 Å². The Morgan fingerprint density at radius 1 is 0.796 bits per heavy atom. The van der Waals surface area contributed by atoms with Gasteiger partial charge in [-0.3, -0.25) is 4.98 Å². The fourth-order valence-corrected chi connectivity index (χ4v) is 10.3. The van der Waals surface area contributed by atoms with Crippen molar-refractivity contribution >= 4 is 82.3 Å². The van der Waals surface area contributed by atoms with Crippen LogP contribution in [0, 0.1) is 26.0 Å². The molecule has 0 spiro atoms. The van der Waals surface area contributed by atoms with E-state index in [0.717, 1.165) is 65.3 Å². The van der Waals surface area contributed by atoms with Crippen molar-refractivity contribution in [3.05, 3.63) is 151 Å². The maximum absolute atomic E-state index is 7.65. The van der Waals surface area contributed by atoms with Gasteiger partial charge in [0, 0.05) is 36.6 Å². The molecule has 0 unspecified atom stereocenters. The quantitative estimate of drug-likeness (QED) is 0.130. The molecule has 54 heavy (non-hydrogen) atoms. The van der Waals surface area contributed by atoms with Crippen molar-refractivity contribution < 1.29 is 28.6 Å². The molecule has 0 fully saturated rings. The largest absolute Gasteiger partial charge is 0 e. The summed E-state index contributed by atoms with van der Waals surface area (Å²) in [5, 5.41) is 4.61. The molecule has 1 radical (unpaired) electrons. The van der Waals surface area contributed by atoms with Crippen LogP contribution < -0.4 is 4.40 Å². The third-order valence-corrected chi connectivity index (χ3v) is 15.0. The van der Waals surface area contributed by atoms with Crippen LogP contribution in [0.15, 0.2) is 132 Å². The number of nitrogens with zero attached hydrogens (tertiary/aromatic N) is 4. The monoisotopic (exact) mass is 962 g/mol. The summed E-state index contributed by atoms with van der Waals surface area (Å²) in [6.07, 6.45) is 1.89.